The van der Waals surface area contributed by atoms with E-state index in [9.17, 15) is 0 Å². The zero-order valence-corrected chi connectivity index (χ0v) is 10.9. The third kappa shape index (κ3) is 10.2. The quantitative estimate of drug-likeness (QED) is 0.331. The number of nitrogens with one attached hydrogen (secondary N) is 1. The molecule has 0 saturated heterocycles. The van der Waals surface area contributed by atoms with Crippen LogP contribution in [0, 0.1) is 5.92 Å². The Morgan fingerprint density at radius 2 is 1.60 bits per heavy atom. The molecule has 92 valence electrons. The molecule has 1 atom stereocenters. The van der Waals surface area contributed by atoms with Crippen LogP contribution in [0.2, 0.25) is 0 Å². The van der Waals surface area contributed by atoms with Crippen molar-refractivity contribution in [3.63, 3.8) is 0 Å². The number of hydrogen-bond donors (Lipinski definition) is 2. The van der Waals surface area contributed by atoms with Crippen LogP contribution in [0.25, 0.3) is 0 Å². The molecule has 0 fully saturated rings. The molecule has 0 aromatic carbocycles. The minimum absolute atomic E-state index is 0.536. The molecule has 0 bridgehead atoms. The third-order valence-corrected chi connectivity index (χ3v) is 2.98. The molecule has 0 aliphatic rings. The molecule has 2 nitrogen and oxygen atoms in total. The molecular weight excluding hydrogens is 184 g/mol. The maximum absolute atomic E-state index is 5.55. The van der Waals surface area contributed by atoms with Gasteiger partial charge in [-0.3, -0.25) is 11.3 Å². The van der Waals surface area contributed by atoms with E-state index in [1.807, 2.05) is 0 Å². The summed E-state index contributed by atoms with van der Waals surface area (Å²) in [7, 11) is 0. The summed E-state index contributed by atoms with van der Waals surface area (Å²) in [5, 5.41) is 0. The zero-order chi connectivity index (χ0) is 11.5. The van der Waals surface area contributed by atoms with Crippen molar-refractivity contribution in [2.45, 2.75) is 78.2 Å². The van der Waals surface area contributed by atoms with Crippen LogP contribution in [0.5, 0.6) is 0 Å². The third-order valence-electron chi connectivity index (χ3n) is 2.98. The average molecular weight is 214 g/mol. The Hall–Kier alpha value is -0.0800. The molecule has 0 radical (unpaired) electrons. The van der Waals surface area contributed by atoms with E-state index in [1.54, 1.807) is 0 Å². The van der Waals surface area contributed by atoms with Gasteiger partial charge in [-0.1, -0.05) is 52.9 Å². The van der Waals surface area contributed by atoms with Crippen molar-refractivity contribution in [2.75, 3.05) is 0 Å². The lowest BCUT2D eigenvalue weighted by Gasteiger charge is -2.16. The topological polar surface area (TPSA) is 38.0 Å². The molecule has 15 heavy (non-hydrogen) atoms. The van der Waals surface area contributed by atoms with Gasteiger partial charge >= 0.3 is 0 Å². The number of nitrogens with two attached hydrogens (primary N) is 1. The van der Waals surface area contributed by atoms with Gasteiger partial charge in [-0.05, 0) is 25.2 Å². The Labute approximate surface area is 96.0 Å². The van der Waals surface area contributed by atoms with E-state index < -0.39 is 0 Å². The predicted octanol–water partition coefficient (Wildman–Crippen LogP) is 3.62. The lowest BCUT2D eigenvalue weighted by atomic mass is 9.99. The summed E-state index contributed by atoms with van der Waals surface area (Å²) in [4.78, 5) is 0. The number of hydrazine groups is 1. The second-order valence-electron chi connectivity index (χ2n) is 5.04. The van der Waals surface area contributed by atoms with E-state index in [0.29, 0.717) is 6.04 Å². The Kier molecular flexibility index (Phi) is 10.4. The minimum atomic E-state index is 0.536. The normalized spacial score (nSPS) is 13.4. The van der Waals surface area contributed by atoms with Crippen LogP contribution < -0.4 is 11.3 Å². The highest BCUT2D eigenvalue weighted by atomic mass is 15.2. The predicted molar refractivity (Wildman–Crippen MR) is 68.6 cm³/mol. The second kappa shape index (κ2) is 10.4. The lowest BCUT2D eigenvalue weighted by molar-refractivity contribution is 0.402. The van der Waals surface area contributed by atoms with Crippen LogP contribution in [0.4, 0.5) is 0 Å². The molecule has 0 spiro atoms. The molecule has 0 rings (SSSR count). The first-order chi connectivity index (χ1) is 7.20. The van der Waals surface area contributed by atoms with E-state index in [1.165, 1.54) is 51.4 Å². The first-order valence-corrected chi connectivity index (χ1v) is 6.66. The Morgan fingerprint density at radius 1 is 0.933 bits per heavy atom. The second-order valence-corrected chi connectivity index (χ2v) is 5.04. The standard InChI is InChI=1S/C13H30N2/c1-4-5-6-7-8-9-13(15-14)11-10-12(2)3/h12-13,15H,4-11,14H2,1-3H3. The first-order valence-electron chi connectivity index (χ1n) is 6.66. The highest BCUT2D eigenvalue weighted by molar-refractivity contribution is 4.64. The van der Waals surface area contributed by atoms with Gasteiger partial charge < -0.3 is 0 Å². The smallest absolute Gasteiger partial charge is 0.0210 e. The first kappa shape index (κ1) is 14.9. The maximum Gasteiger partial charge on any atom is 0.0210 e. The molecule has 0 aromatic heterocycles. The van der Waals surface area contributed by atoms with Crippen LogP contribution in [0.1, 0.15) is 72.1 Å². The van der Waals surface area contributed by atoms with Gasteiger partial charge in [0.1, 0.15) is 0 Å². The van der Waals surface area contributed by atoms with E-state index in [4.69, 9.17) is 5.84 Å². The van der Waals surface area contributed by atoms with Crippen molar-refractivity contribution in [3.05, 3.63) is 0 Å². The van der Waals surface area contributed by atoms with Gasteiger partial charge in [0.05, 0.1) is 0 Å². The van der Waals surface area contributed by atoms with Gasteiger partial charge in [0.15, 0.2) is 0 Å². The van der Waals surface area contributed by atoms with Crippen molar-refractivity contribution in [3.8, 4) is 0 Å². The van der Waals surface area contributed by atoms with Crippen LogP contribution in [-0.2, 0) is 0 Å². The summed E-state index contributed by atoms with van der Waals surface area (Å²) >= 11 is 0. The van der Waals surface area contributed by atoms with Crippen molar-refractivity contribution in [1.82, 2.24) is 5.43 Å². The molecule has 0 saturated carbocycles. The van der Waals surface area contributed by atoms with Gasteiger partial charge in [-0.25, -0.2) is 0 Å². The van der Waals surface area contributed by atoms with Gasteiger partial charge in [0.2, 0.25) is 0 Å². The summed E-state index contributed by atoms with van der Waals surface area (Å²) in [6.07, 6.45) is 10.5. The van der Waals surface area contributed by atoms with Crippen molar-refractivity contribution in [1.29, 1.82) is 0 Å². The Morgan fingerprint density at radius 3 is 2.13 bits per heavy atom. The zero-order valence-electron chi connectivity index (χ0n) is 10.9. The molecule has 1 unspecified atom stereocenters. The Balaban J connectivity index is 3.36. The van der Waals surface area contributed by atoms with Gasteiger partial charge in [-0.2, -0.15) is 0 Å². The van der Waals surface area contributed by atoms with Gasteiger partial charge in [-0.15, -0.1) is 0 Å². The molecule has 0 amide bonds. The highest BCUT2D eigenvalue weighted by Crippen LogP contribution is 2.12. The molecular formula is C13H30N2. The SMILES string of the molecule is CCCCCCCC(CCC(C)C)NN. The summed E-state index contributed by atoms with van der Waals surface area (Å²) in [5.41, 5.74) is 2.95. The van der Waals surface area contributed by atoms with E-state index >= 15 is 0 Å². The number of unbranched alkanes of at least 4 members (excludes halogenated alkanes) is 4. The van der Waals surface area contributed by atoms with Crippen molar-refractivity contribution < 1.29 is 0 Å². The summed E-state index contributed by atoms with van der Waals surface area (Å²) < 4.78 is 0. The molecule has 0 heterocycles. The Bertz CT molecular complexity index is 124. The van der Waals surface area contributed by atoms with E-state index in [2.05, 4.69) is 26.2 Å². The number of rotatable bonds is 10. The van der Waals surface area contributed by atoms with Crippen LogP contribution in [0.15, 0.2) is 0 Å². The fourth-order valence-electron chi connectivity index (χ4n) is 1.84. The van der Waals surface area contributed by atoms with Crippen molar-refractivity contribution >= 4 is 0 Å². The number of hydrogen-bond acceptors (Lipinski definition) is 2. The van der Waals surface area contributed by atoms with Crippen LogP contribution >= 0.6 is 0 Å². The lowest BCUT2D eigenvalue weighted by Crippen LogP contribution is -2.35. The molecule has 0 aliphatic heterocycles. The van der Waals surface area contributed by atoms with Crippen LogP contribution in [0.3, 0.4) is 0 Å². The largest absolute Gasteiger partial charge is 0.271 e. The molecule has 0 aromatic rings. The molecule has 3 N–H and O–H groups in total. The average Bonchev–Trinajstić information content (AvgIpc) is 2.22. The maximum atomic E-state index is 5.55. The summed E-state index contributed by atoms with van der Waals surface area (Å²) in [5.74, 6) is 6.34. The van der Waals surface area contributed by atoms with E-state index in [0.717, 1.165) is 5.92 Å². The van der Waals surface area contributed by atoms with Gasteiger partial charge in [0.25, 0.3) is 0 Å². The monoisotopic (exact) mass is 214 g/mol. The fraction of sp³-hybridized carbons (Fsp3) is 1.00. The minimum Gasteiger partial charge on any atom is -0.271 e. The summed E-state index contributed by atoms with van der Waals surface area (Å²) in [6.45, 7) is 6.80. The van der Waals surface area contributed by atoms with E-state index in [-0.39, 0.29) is 0 Å². The fourth-order valence-corrected chi connectivity index (χ4v) is 1.84. The van der Waals surface area contributed by atoms with Crippen LogP contribution in [-0.4, -0.2) is 6.04 Å². The summed E-state index contributed by atoms with van der Waals surface area (Å²) in [6, 6.07) is 0.536. The highest BCUT2D eigenvalue weighted by Gasteiger charge is 2.06. The van der Waals surface area contributed by atoms with Gasteiger partial charge in [0, 0.05) is 6.04 Å². The van der Waals surface area contributed by atoms with Crippen molar-refractivity contribution in [2.24, 2.45) is 11.8 Å². The molecule has 0 aliphatic carbocycles. The molecule has 2 heteroatoms.